The van der Waals surface area contributed by atoms with Gasteiger partial charge in [-0.1, -0.05) is 45.1 Å². The van der Waals surface area contributed by atoms with E-state index in [0.29, 0.717) is 18.8 Å². The maximum absolute atomic E-state index is 12.3. The number of allylic oxidation sites excluding steroid dienone is 3. The van der Waals surface area contributed by atoms with Gasteiger partial charge in [-0.2, -0.15) is 5.10 Å². The minimum absolute atomic E-state index is 0.160. The molecule has 5 heteroatoms. The minimum Gasteiger partial charge on any atom is -0.296 e. The fourth-order valence-corrected chi connectivity index (χ4v) is 2.83. The zero-order valence-electron chi connectivity index (χ0n) is 15.4. The van der Waals surface area contributed by atoms with Crippen molar-refractivity contribution in [2.75, 3.05) is 0 Å². The van der Waals surface area contributed by atoms with E-state index >= 15 is 0 Å². The molecule has 25 heavy (non-hydrogen) atoms. The van der Waals surface area contributed by atoms with Gasteiger partial charge in [0.1, 0.15) is 0 Å². The Bertz CT molecular complexity index is 727. The van der Waals surface area contributed by atoms with Crippen LogP contribution in [0.3, 0.4) is 0 Å². The molecule has 2 rings (SSSR count). The van der Waals surface area contributed by atoms with Crippen molar-refractivity contribution in [3.63, 3.8) is 0 Å². The zero-order chi connectivity index (χ0) is 18.6. The zero-order valence-corrected chi connectivity index (χ0v) is 15.4. The summed E-state index contributed by atoms with van der Waals surface area (Å²) in [5.41, 5.74) is 2.27. The van der Waals surface area contributed by atoms with E-state index in [1.807, 2.05) is 31.2 Å². The number of piperidine rings is 1. The smallest absolute Gasteiger partial charge is 0.235 e. The number of rotatable bonds is 6. The molecule has 1 aromatic rings. The molecule has 0 aliphatic carbocycles. The summed E-state index contributed by atoms with van der Waals surface area (Å²) in [5.74, 6) is -0.488. The van der Waals surface area contributed by atoms with Crippen LogP contribution in [0.15, 0.2) is 24.8 Å². The van der Waals surface area contributed by atoms with Gasteiger partial charge in [0.15, 0.2) is 0 Å². The summed E-state index contributed by atoms with van der Waals surface area (Å²) in [7, 11) is 0. The average molecular weight is 341 g/mol. The average Bonchev–Trinajstić information content (AvgIpc) is 2.95. The predicted molar refractivity (Wildman–Crippen MR) is 101 cm³/mol. The normalized spacial score (nSPS) is 21.1. The third kappa shape index (κ3) is 3.98. The molecular formula is C20H27N3O2. The maximum atomic E-state index is 12.3. The number of imide groups is 1. The van der Waals surface area contributed by atoms with Crippen LogP contribution < -0.4 is 5.32 Å². The Morgan fingerprint density at radius 2 is 2.04 bits per heavy atom. The molecule has 2 unspecified atom stereocenters. The van der Waals surface area contributed by atoms with Gasteiger partial charge >= 0.3 is 0 Å². The fraction of sp³-hybridized carbons (Fsp3) is 0.450. The molecule has 1 aliphatic heterocycles. The van der Waals surface area contributed by atoms with Gasteiger partial charge in [-0.05, 0) is 25.3 Å². The number of nitrogens with zero attached hydrogens (tertiary/aromatic N) is 1. The van der Waals surface area contributed by atoms with Crippen molar-refractivity contribution in [3.8, 4) is 0 Å². The molecule has 1 fully saturated rings. The van der Waals surface area contributed by atoms with Crippen molar-refractivity contribution < 1.29 is 9.59 Å². The molecule has 134 valence electrons. The van der Waals surface area contributed by atoms with E-state index in [2.05, 4.69) is 48.9 Å². The molecule has 0 saturated carbocycles. The van der Waals surface area contributed by atoms with Crippen molar-refractivity contribution in [2.45, 2.75) is 46.5 Å². The van der Waals surface area contributed by atoms with Crippen LogP contribution in [0.4, 0.5) is 0 Å². The van der Waals surface area contributed by atoms with Crippen LogP contribution in [0.2, 0.25) is 0 Å². The summed E-state index contributed by atoms with van der Waals surface area (Å²) in [6, 6.07) is 0. The van der Waals surface area contributed by atoms with Crippen molar-refractivity contribution in [1.29, 1.82) is 0 Å². The van der Waals surface area contributed by atoms with E-state index in [9.17, 15) is 9.59 Å². The van der Waals surface area contributed by atoms with Crippen LogP contribution in [0.5, 0.6) is 0 Å². The first-order valence-electron chi connectivity index (χ1n) is 8.69. The van der Waals surface area contributed by atoms with E-state index in [0.717, 1.165) is 17.0 Å². The molecule has 2 heterocycles. The van der Waals surface area contributed by atoms with Crippen LogP contribution in [0.1, 0.15) is 63.4 Å². The summed E-state index contributed by atoms with van der Waals surface area (Å²) in [5, 5.41) is 9.77. The monoisotopic (exact) mass is 341 g/mol. The van der Waals surface area contributed by atoms with Crippen LogP contribution in [0, 0.1) is 11.3 Å². The van der Waals surface area contributed by atoms with Gasteiger partial charge in [-0.15, -0.1) is 6.58 Å². The first-order chi connectivity index (χ1) is 11.8. The SMILES string of the molecule is C=CC(C)(/C=C\c1c(/C=C\C)n[nH]c1C1CCC(=O)NC1=O)C(C)C. The molecule has 2 amide bonds. The first kappa shape index (κ1) is 18.9. The Hall–Kier alpha value is -2.43. The van der Waals surface area contributed by atoms with Crippen molar-refractivity contribution in [1.82, 2.24) is 15.5 Å². The van der Waals surface area contributed by atoms with Gasteiger partial charge in [0.25, 0.3) is 0 Å². The molecule has 1 aromatic heterocycles. The summed E-state index contributed by atoms with van der Waals surface area (Å²) in [4.78, 5) is 23.7. The van der Waals surface area contributed by atoms with E-state index in [-0.39, 0.29) is 17.2 Å². The Balaban J connectivity index is 2.45. The lowest BCUT2D eigenvalue weighted by Crippen LogP contribution is -2.39. The number of aromatic nitrogens is 2. The largest absolute Gasteiger partial charge is 0.296 e. The van der Waals surface area contributed by atoms with Gasteiger partial charge in [-0.25, -0.2) is 0 Å². The number of carbonyl (C=O) groups is 2. The molecule has 0 spiro atoms. The molecule has 0 radical (unpaired) electrons. The van der Waals surface area contributed by atoms with Gasteiger partial charge in [0.2, 0.25) is 11.8 Å². The summed E-state index contributed by atoms with van der Waals surface area (Å²) < 4.78 is 0. The van der Waals surface area contributed by atoms with Crippen molar-refractivity contribution in [3.05, 3.63) is 41.8 Å². The molecule has 0 bridgehead atoms. The second-order valence-electron chi connectivity index (χ2n) is 7.00. The second-order valence-corrected chi connectivity index (χ2v) is 7.00. The highest BCUT2D eigenvalue weighted by Gasteiger charge is 2.31. The third-order valence-corrected chi connectivity index (χ3v) is 5.07. The molecular weight excluding hydrogens is 314 g/mol. The van der Waals surface area contributed by atoms with Crippen molar-refractivity contribution in [2.24, 2.45) is 11.3 Å². The van der Waals surface area contributed by atoms with Crippen LogP contribution in [-0.2, 0) is 9.59 Å². The Kier molecular flexibility index (Phi) is 5.77. The number of carbonyl (C=O) groups excluding carboxylic acids is 2. The van der Waals surface area contributed by atoms with Gasteiger partial charge < -0.3 is 0 Å². The minimum atomic E-state index is -0.391. The number of nitrogens with one attached hydrogen (secondary N) is 2. The van der Waals surface area contributed by atoms with Crippen LogP contribution in [0.25, 0.3) is 12.2 Å². The molecule has 2 N–H and O–H groups in total. The molecule has 1 aliphatic rings. The highest BCUT2D eigenvalue weighted by atomic mass is 16.2. The Morgan fingerprint density at radius 3 is 2.60 bits per heavy atom. The number of amides is 2. The lowest BCUT2D eigenvalue weighted by Gasteiger charge is -2.26. The predicted octanol–water partition coefficient (Wildman–Crippen LogP) is 3.82. The maximum Gasteiger partial charge on any atom is 0.235 e. The van der Waals surface area contributed by atoms with Crippen LogP contribution in [-0.4, -0.2) is 22.0 Å². The molecule has 2 atom stereocenters. The quantitative estimate of drug-likeness (QED) is 0.610. The highest BCUT2D eigenvalue weighted by molar-refractivity contribution is 6.01. The number of H-pyrrole nitrogens is 1. The number of hydrogen-bond donors (Lipinski definition) is 2. The fourth-order valence-electron chi connectivity index (χ4n) is 2.83. The second kappa shape index (κ2) is 7.64. The lowest BCUT2D eigenvalue weighted by atomic mass is 9.78. The van der Waals surface area contributed by atoms with Crippen LogP contribution >= 0.6 is 0 Å². The topological polar surface area (TPSA) is 74.8 Å². The standard InChI is InChI=1S/C20H27N3O2/c1-6-8-16-14(11-12-20(5,7-2)13(3)4)18(23-22-16)15-9-10-17(24)21-19(15)25/h6-8,11-13,15H,2,9-10H2,1,3-5H3,(H,22,23)(H,21,24,25)/b8-6-,12-11-. The summed E-state index contributed by atoms with van der Waals surface area (Å²) in [6.45, 7) is 12.3. The van der Waals surface area contributed by atoms with Gasteiger partial charge in [-0.3, -0.25) is 20.0 Å². The molecule has 1 saturated heterocycles. The summed E-state index contributed by atoms with van der Waals surface area (Å²) in [6.07, 6.45) is 10.7. The highest BCUT2D eigenvalue weighted by Crippen LogP contribution is 2.33. The van der Waals surface area contributed by atoms with E-state index < -0.39 is 5.92 Å². The molecule has 0 aromatic carbocycles. The third-order valence-electron chi connectivity index (χ3n) is 5.07. The number of hydrogen-bond acceptors (Lipinski definition) is 3. The van der Waals surface area contributed by atoms with E-state index in [1.54, 1.807) is 0 Å². The van der Waals surface area contributed by atoms with Gasteiger partial charge in [0.05, 0.1) is 17.3 Å². The van der Waals surface area contributed by atoms with E-state index in [1.165, 1.54) is 0 Å². The Labute approximate surface area is 149 Å². The van der Waals surface area contributed by atoms with Crippen molar-refractivity contribution >= 4 is 24.0 Å². The van der Waals surface area contributed by atoms with E-state index in [4.69, 9.17) is 0 Å². The van der Waals surface area contributed by atoms with Gasteiger partial charge in [0, 0.05) is 17.4 Å². The summed E-state index contributed by atoms with van der Waals surface area (Å²) >= 11 is 0. The lowest BCUT2D eigenvalue weighted by molar-refractivity contribution is -0.134. The number of aromatic amines is 1. The molecule has 5 nitrogen and oxygen atoms in total. The first-order valence-corrected chi connectivity index (χ1v) is 8.69. The Morgan fingerprint density at radius 1 is 1.32 bits per heavy atom.